The van der Waals surface area contributed by atoms with E-state index in [0.29, 0.717) is 21.3 Å². The van der Waals surface area contributed by atoms with Crippen molar-refractivity contribution >= 4 is 23.2 Å². The molecule has 2 rings (SSSR count). The third-order valence-corrected chi connectivity index (χ3v) is 3.60. The van der Waals surface area contributed by atoms with Crippen molar-refractivity contribution in [3.8, 4) is 0 Å². The fraction of sp³-hybridized carbons (Fsp3) is 0.357. The molecule has 2 aromatic rings. The molecule has 0 fully saturated rings. The Hall–Kier alpha value is -1.03. The van der Waals surface area contributed by atoms with Crippen LogP contribution in [0.4, 0.5) is 0 Å². The number of aromatic nitrogens is 2. The summed E-state index contributed by atoms with van der Waals surface area (Å²) in [7, 11) is 0. The number of halogens is 2. The first kappa shape index (κ1) is 14.4. The summed E-state index contributed by atoms with van der Waals surface area (Å²) < 4.78 is 1.73. The Morgan fingerprint density at radius 3 is 2.58 bits per heavy atom. The lowest BCUT2D eigenvalue weighted by atomic mass is 9.92. The summed E-state index contributed by atoms with van der Waals surface area (Å²) in [6, 6.07) is 7.22. The summed E-state index contributed by atoms with van der Waals surface area (Å²) in [5, 5.41) is 16.1. The Kier molecular flexibility index (Phi) is 3.90. The molecule has 5 heteroatoms. The maximum Gasteiger partial charge on any atom is 0.130 e. The Labute approximate surface area is 122 Å². The van der Waals surface area contributed by atoms with Crippen molar-refractivity contribution in [1.82, 2.24) is 9.78 Å². The molecule has 0 aliphatic rings. The van der Waals surface area contributed by atoms with Gasteiger partial charge in [0.1, 0.15) is 5.60 Å². The smallest absolute Gasteiger partial charge is 0.130 e. The second-order valence-electron chi connectivity index (χ2n) is 4.96. The second kappa shape index (κ2) is 5.16. The topological polar surface area (TPSA) is 38.0 Å². The first-order chi connectivity index (χ1) is 8.84. The summed E-state index contributed by atoms with van der Waals surface area (Å²) in [5.74, 6) is 0. The minimum atomic E-state index is -1.25. The third-order valence-electron chi connectivity index (χ3n) is 3.09. The monoisotopic (exact) mass is 298 g/mol. The van der Waals surface area contributed by atoms with Crippen LogP contribution in [0, 0.1) is 0 Å². The summed E-state index contributed by atoms with van der Waals surface area (Å²) in [6.45, 7) is 5.67. The predicted molar refractivity (Wildman–Crippen MR) is 77.7 cm³/mol. The van der Waals surface area contributed by atoms with Gasteiger partial charge >= 0.3 is 0 Å². The molecule has 1 N–H and O–H groups in total. The van der Waals surface area contributed by atoms with E-state index in [0.717, 1.165) is 0 Å². The van der Waals surface area contributed by atoms with Crippen LogP contribution in [-0.2, 0) is 5.60 Å². The number of hydrogen-bond acceptors (Lipinski definition) is 2. The molecule has 19 heavy (non-hydrogen) atoms. The summed E-state index contributed by atoms with van der Waals surface area (Å²) in [4.78, 5) is 0. The van der Waals surface area contributed by atoms with Crippen molar-refractivity contribution in [2.75, 3.05) is 0 Å². The number of hydrogen-bond donors (Lipinski definition) is 1. The lowest BCUT2D eigenvalue weighted by molar-refractivity contribution is 0.0901. The predicted octanol–water partition coefficient (Wildman–Crippen LogP) is 4.03. The van der Waals surface area contributed by atoms with E-state index < -0.39 is 5.60 Å². The number of rotatable bonds is 3. The van der Waals surface area contributed by atoms with Gasteiger partial charge in [-0.05, 0) is 38.5 Å². The van der Waals surface area contributed by atoms with Crippen LogP contribution in [0.3, 0.4) is 0 Å². The zero-order chi connectivity index (χ0) is 14.2. The molecule has 0 saturated heterocycles. The molecule has 0 aliphatic carbocycles. The molecule has 0 radical (unpaired) electrons. The molecule has 1 atom stereocenters. The molecular formula is C14H16Cl2N2O. The Morgan fingerprint density at radius 1 is 1.32 bits per heavy atom. The van der Waals surface area contributed by atoms with Gasteiger partial charge < -0.3 is 5.11 Å². The highest BCUT2D eigenvalue weighted by atomic mass is 35.5. The van der Waals surface area contributed by atoms with Crippen molar-refractivity contribution in [3.05, 3.63) is 51.8 Å². The van der Waals surface area contributed by atoms with Gasteiger partial charge in [0, 0.05) is 11.1 Å². The van der Waals surface area contributed by atoms with Crippen molar-refractivity contribution in [2.45, 2.75) is 32.4 Å². The first-order valence-corrected chi connectivity index (χ1v) is 6.81. The Bertz CT molecular complexity index is 591. The lowest BCUT2D eigenvalue weighted by Gasteiger charge is -2.27. The molecule has 0 aliphatic heterocycles. The van der Waals surface area contributed by atoms with Gasteiger partial charge in [-0.15, -0.1) is 0 Å². The fourth-order valence-electron chi connectivity index (χ4n) is 2.12. The average Bonchev–Trinajstić information content (AvgIpc) is 2.72. The number of nitrogens with zero attached hydrogens (tertiary/aromatic N) is 2. The van der Waals surface area contributed by atoms with Gasteiger partial charge in [-0.25, -0.2) is 0 Å². The van der Waals surface area contributed by atoms with E-state index >= 15 is 0 Å². The van der Waals surface area contributed by atoms with Crippen LogP contribution in [0.1, 0.15) is 38.1 Å². The maximum atomic E-state index is 10.9. The highest BCUT2D eigenvalue weighted by Gasteiger charge is 2.33. The van der Waals surface area contributed by atoms with Gasteiger partial charge in [-0.3, -0.25) is 4.68 Å². The van der Waals surface area contributed by atoms with Crippen LogP contribution in [-0.4, -0.2) is 14.9 Å². The summed E-state index contributed by atoms with van der Waals surface area (Å²) >= 11 is 12.2. The number of aliphatic hydroxyl groups is 1. The van der Waals surface area contributed by atoms with Crippen molar-refractivity contribution < 1.29 is 5.11 Å². The van der Waals surface area contributed by atoms with Crippen LogP contribution < -0.4 is 0 Å². The minimum Gasteiger partial charge on any atom is -0.379 e. The zero-order valence-corrected chi connectivity index (χ0v) is 12.6. The number of benzene rings is 1. The molecule has 3 nitrogen and oxygen atoms in total. The molecule has 0 amide bonds. The minimum absolute atomic E-state index is 0.105. The van der Waals surface area contributed by atoms with E-state index in [1.807, 2.05) is 19.9 Å². The lowest BCUT2D eigenvalue weighted by Crippen LogP contribution is -2.28. The van der Waals surface area contributed by atoms with Gasteiger partial charge in [0.2, 0.25) is 0 Å². The second-order valence-corrected chi connectivity index (χ2v) is 5.81. The van der Waals surface area contributed by atoms with E-state index in [-0.39, 0.29) is 6.04 Å². The molecule has 0 spiro atoms. The molecule has 0 saturated carbocycles. The van der Waals surface area contributed by atoms with Crippen molar-refractivity contribution in [2.24, 2.45) is 0 Å². The molecule has 1 heterocycles. The molecule has 1 unspecified atom stereocenters. The van der Waals surface area contributed by atoms with Gasteiger partial charge in [0.05, 0.1) is 16.9 Å². The highest BCUT2D eigenvalue weighted by molar-refractivity contribution is 6.31. The average molecular weight is 299 g/mol. The molecular weight excluding hydrogens is 283 g/mol. The molecule has 102 valence electrons. The normalized spacial score (nSPS) is 14.7. The maximum absolute atomic E-state index is 10.9. The Balaban J connectivity index is 2.59. The first-order valence-electron chi connectivity index (χ1n) is 6.06. The van der Waals surface area contributed by atoms with E-state index in [1.165, 1.54) is 0 Å². The van der Waals surface area contributed by atoms with Crippen molar-refractivity contribution in [1.29, 1.82) is 0 Å². The molecule has 0 bridgehead atoms. The third kappa shape index (κ3) is 2.64. The van der Waals surface area contributed by atoms with E-state index in [4.69, 9.17) is 23.2 Å². The van der Waals surface area contributed by atoms with E-state index in [2.05, 4.69) is 5.10 Å². The van der Waals surface area contributed by atoms with Crippen LogP contribution in [0.25, 0.3) is 0 Å². The van der Waals surface area contributed by atoms with Gasteiger partial charge in [0.15, 0.2) is 0 Å². The molecule has 1 aromatic carbocycles. The largest absolute Gasteiger partial charge is 0.379 e. The van der Waals surface area contributed by atoms with Gasteiger partial charge in [-0.2, -0.15) is 5.10 Å². The van der Waals surface area contributed by atoms with Crippen LogP contribution >= 0.6 is 23.2 Å². The summed E-state index contributed by atoms with van der Waals surface area (Å²) in [5.41, 5.74) is 0.0127. The highest BCUT2D eigenvalue weighted by Crippen LogP contribution is 2.35. The molecule has 1 aromatic heterocycles. The van der Waals surface area contributed by atoms with E-state index in [9.17, 15) is 5.11 Å². The summed E-state index contributed by atoms with van der Waals surface area (Å²) in [6.07, 6.45) is 1.55. The van der Waals surface area contributed by atoms with Gasteiger partial charge in [0.25, 0.3) is 0 Å². The van der Waals surface area contributed by atoms with Crippen LogP contribution in [0.5, 0.6) is 0 Å². The van der Waals surface area contributed by atoms with Gasteiger partial charge in [-0.1, -0.05) is 35.3 Å². The fourth-order valence-corrected chi connectivity index (χ4v) is 2.62. The van der Waals surface area contributed by atoms with E-state index in [1.54, 1.807) is 36.0 Å². The standard InChI is InChI=1S/C14H16Cl2N2O/c1-9(2)18-13(12(16)8-17-18)14(3,19)10-5-4-6-11(15)7-10/h4-9,19H,1-3H3. The SMILES string of the molecule is CC(C)n1ncc(Cl)c1C(C)(O)c1cccc(Cl)c1. The van der Waals surface area contributed by atoms with Crippen LogP contribution in [0.15, 0.2) is 30.5 Å². The quantitative estimate of drug-likeness (QED) is 0.929. The Morgan fingerprint density at radius 2 is 2.00 bits per heavy atom. The van der Waals surface area contributed by atoms with Crippen LogP contribution in [0.2, 0.25) is 10.0 Å². The van der Waals surface area contributed by atoms with Crippen molar-refractivity contribution in [3.63, 3.8) is 0 Å². The zero-order valence-electron chi connectivity index (χ0n) is 11.1.